The van der Waals surface area contributed by atoms with Crippen molar-refractivity contribution in [3.63, 3.8) is 0 Å². The van der Waals surface area contributed by atoms with Gasteiger partial charge in [-0.05, 0) is 13.3 Å². The average molecular weight is 235 g/mol. The lowest BCUT2D eigenvalue weighted by atomic mass is 9.95. The van der Waals surface area contributed by atoms with E-state index in [4.69, 9.17) is 9.84 Å². The van der Waals surface area contributed by atoms with Crippen molar-refractivity contribution in [1.82, 2.24) is 5.32 Å². The minimum atomic E-state index is -1.39. The van der Waals surface area contributed by atoms with Gasteiger partial charge in [-0.25, -0.2) is 0 Å². The standard InChI is InChI=1S/C10H21NO5/c1-3-5(2)11-7-8(13)6(4-12)16-10(15)9(7)14/h5-15H,3-4H2,1-2H3/t5?,6-,7+,8-,9-,10?/m1/s1. The van der Waals surface area contributed by atoms with E-state index in [2.05, 4.69) is 5.32 Å². The Morgan fingerprint density at radius 2 is 1.88 bits per heavy atom. The first-order valence-electron chi connectivity index (χ1n) is 5.57. The van der Waals surface area contributed by atoms with E-state index in [1.54, 1.807) is 0 Å². The van der Waals surface area contributed by atoms with Gasteiger partial charge in [0, 0.05) is 6.04 Å². The monoisotopic (exact) mass is 235 g/mol. The first-order valence-corrected chi connectivity index (χ1v) is 5.57. The summed E-state index contributed by atoms with van der Waals surface area (Å²) < 4.78 is 4.87. The third-order valence-electron chi connectivity index (χ3n) is 2.99. The molecule has 0 aromatic rings. The Morgan fingerprint density at radius 3 is 2.38 bits per heavy atom. The van der Waals surface area contributed by atoms with Crippen LogP contribution in [0.15, 0.2) is 0 Å². The van der Waals surface area contributed by atoms with Gasteiger partial charge in [-0.15, -0.1) is 0 Å². The van der Waals surface area contributed by atoms with Crippen molar-refractivity contribution < 1.29 is 25.2 Å². The fraction of sp³-hybridized carbons (Fsp3) is 1.00. The predicted octanol–water partition coefficient (Wildman–Crippen LogP) is -1.83. The van der Waals surface area contributed by atoms with Crippen LogP contribution in [0.2, 0.25) is 0 Å². The Balaban J connectivity index is 2.69. The molecule has 16 heavy (non-hydrogen) atoms. The molecule has 6 heteroatoms. The van der Waals surface area contributed by atoms with Crippen LogP contribution in [0.5, 0.6) is 0 Å². The molecule has 2 unspecified atom stereocenters. The largest absolute Gasteiger partial charge is 0.394 e. The second-order valence-corrected chi connectivity index (χ2v) is 4.23. The maximum absolute atomic E-state index is 9.84. The zero-order valence-corrected chi connectivity index (χ0v) is 9.58. The van der Waals surface area contributed by atoms with E-state index >= 15 is 0 Å². The summed E-state index contributed by atoms with van der Waals surface area (Å²) >= 11 is 0. The number of hydrogen-bond acceptors (Lipinski definition) is 6. The van der Waals surface area contributed by atoms with Crippen LogP contribution in [0.25, 0.3) is 0 Å². The van der Waals surface area contributed by atoms with E-state index in [1.807, 2.05) is 13.8 Å². The average Bonchev–Trinajstić information content (AvgIpc) is 2.28. The number of rotatable bonds is 4. The molecule has 96 valence electrons. The first kappa shape index (κ1) is 13.8. The Kier molecular flexibility index (Phi) is 5.10. The molecule has 1 aliphatic heterocycles. The molecule has 1 aliphatic rings. The predicted molar refractivity (Wildman–Crippen MR) is 56.7 cm³/mol. The molecule has 0 aliphatic carbocycles. The normalized spacial score (nSPS) is 42.0. The summed E-state index contributed by atoms with van der Waals surface area (Å²) in [4.78, 5) is 0. The van der Waals surface area contributed by atoms with E-state index < -0.39 is 37.3 Å². The second kappa shape index (κ2) is 5.90. The van der Waals surface area contributed by atoms with Gasteiger partial charge in [-0.2, -0.15) is 0 Å². The van der Waals surface area contributed by atoms with E-state index in [9.17, 15) is 15.3 Å². The van der Waals surface area contributed by atoms with Gasteiger partial charge in [0.05, 0.1) is 12.6 Å². The topological polar surface area (TPSA) is 102 Å². The number of aliphatic hydroxyl groups excluding tert-OH is 4. The third kappa shape index (κ3) is 2.91. The molecule has 1 rings (SSSR count). The number of hydrogen-bond donors (Lipinski definition) is 5. The molecular weight excluding hydrogens is 214 g/mol. The van der Waals surface area contributed by atoms with Gasteiger partial charge in [0.1, 0.15) is 18.3 Å². The van der Waals surface area contributed by atoms with Gasteiger partial charge in [0.2, 0.25) is 0 Å². The summed E-state index contributed by atoms with van der Waals surface area (Å²) in [6, 6.07) is -0.602. The van der Waals surface area contributed by atoms with Gasteiger partial charge in [0.15, 0.2) is 6.29 Å². The fourth-order valence-corrected chi connectivity index (χ4v) is 1.75. The van der Waals surface area contributed by atoms with Gasteiger partial charge in [0.25, 0.3) is 0 Å². The Bertz CT molecular complexity index is 215. The molecule has 0 saturated carbocycles. The van der Waals surface area contributed by atoms with Crippen molar-refractivity contribution in [2.75, 3.05) is 6.61 Å². The molecule has 1 heterocycles. The van der Waals surface area contributed by atoms with E-state index in [0.29, 0.717) is 0 Å². The van der Waals surface area contributed by atoms with Crippen LogP contribution in [0.3, 0.4) is 0 Å². The minimum Gasteiger partial charge on any atom is -0.394 e. The van der Waals surface area contributed by atoms with Crippen molar-refractivity contribution in [2.45, 2.75) is 57.0 Å². The highest BCUT2D eigenvalue weighted by Gasteiger charge is 2.43. The second-order valence-electron chi connectivity index (χ2n) is 4.23. The lowest BCUT2D eigenvalue weighted by molar-refractivity contribution is -0.262. The number of nitrogens with one attached hydrogen (secondary N) is 1. The SMILES string of the molecule is CCC(C)N[C@H]1[C@H](O)[C@@H](CO)OC(O)[C@@H]1O. The molecule has 0 aromatic carbocycles. The van der Waals surface area contributed by atoms with Crippen molar-refractivity contribution >= 4 is 0 Å². The minimum absolute atomic E-state index is 0.0962. The van der Waals surface area contributed by atoms with Crippen LogP contribution in [-0.2, 0) is 4.74 Å². The van der Waals surface area contributed by atoms with Crippen molar-refractivity contribution in [1.29, 1.82) is 0 Å². The van der Waals surface area contributed by atoms with Crippen molar-refractivity contribution in [3.05, 3.63) is 0 Å². The number of aliphatic hydroxyl groups is 4. The molecule has 0 amide bonds. The van der Waals surface area contributed by atoms with Gasteiger partial charge in [-0.3, -0.25) is 0 Å². The van der Waals surface area contributed by atoms with Gasteiger partial charge < -0.3 is 30.5 Å². The van der Waals surface area contributed by atoms with E-state index in [1.165, 1.54) is 0 Å². The summed E-state index contributed by atoms with van der Waals surface area (Å²) in [6.07, 6.45) is -3.68. The van der Waals surface area contributed by atoms with Crippen LogP contribution < -0.4 is 5.32 Å². The molecule has 0 aromatic heterocycles. The van der Waals surface area contributed by atoms with E-state index in [0.717, 1.165) is 6.42 Å². The van der Waals surface area contributed by atoms with Crippen molar-refractivity contribution in [2.24, 2.45) is 0 Å². The highest BCUT2D eigenvalue weighted by atomic mass is 16.6. The summed E-state index contributed by atoms with van der Waals surface area (Å²) in [7, 11) is 0. The smallest absolute Gasteiger partial charge is 0.183 e. The molecule has 6 nitrogen and oxygen atoms in total. The zero-order chi connectivity index (χ0) is 12.3. The molecule has 0 spiro atoms. The quantitative estimate of drug-likeness (QED) is 0.393. The molecule has 1 saturated heterocycles. The van der Waals surface area contributed by atoms with Crippen LogP contribution in [-0.4, -0.2) is 63.7 Å². The van der Waals surface area contributed by atoms with Crippen LogP contribution in [0, 0.1) is 0 Å². The van der Waals surface area contributed by atoms with Crippen LogP contribution in [0.1, 0.15) is 20.3 Å². The molecule has 0 radical (unpaired) electrons. The van der Waals surface area contributed by atoms with Crippen molar-refractivity contribution in [3.8, 4) is 0 Å². The highest BCUT2D eigenvalue weighted by Crippen LogP contribution is 2.20. The maximum Gasteiger partial charge on any atom is 0.183 e. The maximum atomic E-state index is 9.84. The van der Waals surface area contributed by atoms with Crippen LogP contribution >= 0.6 is 0 Å². The van der Waals surface area contributed by atoms with Gasteiger partial charge in [-0.1, -0.05) is 6.92 Å². The van der Waals surface area contributed by atoms with E-state index in [-0.39, 0.29) is 6.04 Å². The molecule has 6 atom stereocenters. The summed E-state index contributed by atoms with van der Waals surface area (Å²) in [5.41, 5.74) is 0. The Labute approximate surface area is 94.9 Å². The van der Waals surface area contributed by atoms with Crippen LogP contribution in [0.4, 0.5) is 0 Å². The summed E-state index contributed by atoms with van der Waals surface area (Å²) in [6.45, 7) is 3.48. The third-order valence-corrected chi connectivity index (χ3v) is 2.99. The lowest BCUT2D eigenvalue weighted by Crippen LogP contribution is -2.64. The highest BCUT2D eigenvalue weighted by molar-refractivity contribution is 4.94. The first-order chi connectivity index (χ1) is 7.51. The molecule has 1 fully saturated rings. The molecule has 5 N–H and O–H groups in total. The summed E-state index contributed by atoms with van der Waals surface area (Å²) in [5, 5.41) is 40.9. The lowest BCUT2D eigenvalue weighted by Gasteiger charge is -2.41. The Morgan fingerprint density at radius 1 is 1.25 bits per heavy atom. The molecule has 0 bridgehead atoms. The molecular formula is C10H21NO5. The summed E-state index contributed by atoms with van der Waals surface area (Å²) in [5.74, 6) is 0. The fourth-order valence-electron chi connectivity index (χ4n) is 1.75. The zero-order valence-electron chi connectivity index (χ0n) is 9.58. The Hall–Kier alpha value is -0.240. The van der Waals surface area contributed by atoms with Gasteiger partial charge >= 0.3 is 0 Å². The number of ether oxygens (including phenoxy) is 1.